The van der Waals surface area contributed by atoms with Crippen molar-refractivity contribution >= 4 is 57.8 Å². The minimum absolute atomic E-state index is 0.236. The van der Waals surface area contributed by atoms with Gasteiger partial charge in [0.1, 0.15) is 24.6 Å². The number of rotatable bonds is 12. The van der Waals surface area contributed by atoms with Crippen LogP contribution in [0.25, 0.3) is 22.5 Å². The highest BCUT2D eigenvalue weighted by Crippen LogP contribution is 2.26. The van der Waals surface area contributed by atoms with E-state index in [0.717, 1.165) is 33.6 Å². The molecular formula is C34H26Cl4N4O3. The molecule has 0 saturated carbocycles. The normalized spacial score (nSPS) is 11.1. The maximum Gasteiger partial charge on any atom is 0.163 e. The first-order valence-corrected chi connectivity index (χ1v) is 15.5. The maximum absolute atomic E-state index is 6.26. The van der Waals surface area contributed by atoms with E-state index in [9.17, 15) is 0 Å². The second kappa shape index (κ2) is 14.4. The molecule has 0 atom stereocenters. The van der Waals surface area contributed by atoms with Crippen LogP contribution in [0.4, 0.5) is 11.4 Å². The maximum atomic E-state index is 6.26. The number of nitrogens with zero attached hydrogens (tertiary/aromatic N) is 2. The second-order valence-electron chi connectivity index (χ2n) is 10.2. The molecule has 2 aromatic heterocycles. The zero-order chi connectivity index (χ0) is 31.2. The summed E-state index contributed by atoms with van der Waals surface area (Å²) in [4.78, 5) is 0. The van der Waals surface area contributed by atoms with Gasteiger partial charge in [-0.1, -0.05) is 81.0 Å². The van der Waals surface area contributed by atoms with Crippen molar-refractivity contribution in [2.24, 2.45) is 0 Å². The molecule has 2 N–H and O–H groups in total. The summed E-state index contributed by atoms with van der Waals surface area (Å²) in [6.45, 7) is 1.59. The number of ether oxygens (including phenoxy) is 1. The lowest BCUT2D eigenvalue weighted by atomic mass is 10.1. The van der Waals surface area contributed by atoms with Crippen molar-refractivity contribution in [2.75, 3.05) is 10.6 Å². The predicted molar refractivity (Wildman–Crippen MR) is 180 cm³/mol. The van der Waals surface area contributed by atoms with Crippen molar-refractivity contribution in [3.05, 3.63) is 140 Å². The third kappa shape index (κ3) is 8.19. The van der Waals surface area contributed by atoms with Gasteiger partial charge in [-0.3, -0.25) is 0 Å². The Morgan fingerprint density at radius 1 is 0.533 bits per heavy atom. The SMILES string of the molecule is Clc1ccc(Cl)c(CNc2ccc(-c3cc(COCc4cc(-c5ccc(NCc6cc(Cl)ccc6Cl)cc5)no4)on3)cc2)c1. The topological polar surface area (TPSA) is 85.4 Å². The standard InChI is InChI=1S/C34H26Cl4N4O3/c35-25-5-11-31(37)23(13-25)17-39-27-7-1-21(2-8-27)33-15-29(44-41-33)19-43-20-30-16-34(42-45-30)22-3-9-28(10-4-22)40-18-24-14-26(36)6-12-32(24)38/h1-16,39-40H,17-20H2. The summed E-state index contributed by atoms with van der Waals surface area (Å²) in [6, 6.07) is 30.3. The molecule has 0 radical (unpaired) electrons. The van der Waals surface area contributed by atoms with Crippen LogP contribution in [0.3, 0.4) is 0 Å². The first-order chi connectivity index (χ1) is 21.9. The van der Waals surface area contributed by atoms with E-state index in [1.807, 2.05) is 72.8 Å². The fourth-order valence-corrected chi connectivity index (χ4v) is 5.31. The molecule has 0 fully saturated rings. The van der Waals surface area contributed by atoms with Crippen molar-refractivity contribution in [1.29, 1.82) is 0 Å². The lowest BCUT2D eigenvalue weighted by Crippen LogP contribution is -2.00. The summed E-state index contributed by atoms with van der Waals surface area (Å²) >= 11 is 24.7. The molecule has 0 spiro atoms. The monoisotopic (exact) mass is 678 g/mol. The number of benzene rings is 4. The molecule has 0 saturated heterocycles. The van der Waals surface area contributed by atoms with Crippen molar-refractivity contribution in [2.45, 2.75) is 26.3 Å². The van der Waals surface area contributed by atoms with Gasteiger partial charge in [0.15, 0.2) is 11.5 Å². The second-order valence-corrected chi connectivity index (χ2v) is 11.9. The van der Waals surface area contributed by atoms with E-state index in [1.54, 1.807) is 24.3 Å². The lowest BCUT2D eigenvalue weighted by Gasteiger charge is -2.09. The van der Waals surface area contributed by atoms with Crippen molar-refractivity contribution in [3.63, 3.8) is 0 Å². The van der Waals surface area contributed by atoms with Crippen LogP contribution < -0.4 is 10.6 Å². The van der Waals surface area contributed by atoms with Gasteiger partial charge in [-0.2, -0.15) is 0 Å². The van der Waals surface area contributed by atoms with Crippen LogP contribution in [0.1, 0.15) is 22.6 Å². The molecule has 0 aliphatic carbocycles. The van der Waals surface area contributed by atoms with E-state index >= 15 is 0 Å². The van der Waals surface area contributed by atoms with Gasteiger partial charge in [0.2, 0.25) is 0 Å². The Balaban J connectivity index is 0.969. The van der Waals surface area contributed by atoms with Gasteiger partial charge < -0.3 is 24.4 Å². The molecule has 0 bridgehead atoms. The summed E-state index contributed by atoms with van der Waals surface area (Å²) in [5.41, 5.74) is 7.02. The Morgan fingerprint density at radius 2 is 0.956 bits per heavy atom. The molecule has 7 nitrogen and oxygen atoms in total. The summed E-state index contributed by atoms with van der Waals surface area (Å²) in [6.07, 6.45) is 0. The number of halogens is 4. The van der Waals surface area contributed by atoms with Gasteiger partial charge in [0, 0.05) is 67.8 Å². The summed E-state index contributed by atoms with van der Waals surface area (Å²) in [5.74, 6) is 1.20. The highest BCUT2D eigenvalue weighted by Gasteiger charge is 2.11. The van der Waals surface area contributed by atoms with E-state index in [2.05, 4.69) is 20.9 Å². The molecule has 0 aliphatic rings. The van der Waals surface area contributed by atoms with Crippen LogP contribution >= 0.6 is 46.4 Å². The van der Waals surface area contributed by atoms with Crippen LogP contribution in [-0.4, -0.2) is 10.3 Å². The third-order valence-electron chi connectivity index (χ3n) is 6.95. The van der Waals surface area contributed by atoms with Crippen LogP contribution in [0, 0.1) is 0 Å². The zero-order valence-electron chi connectivity index (χ0n) is 23.7. The van der Waals surface area contributed by atoms with Gasteiger partial charge in [0.05, 0.1) is 0 Å². The number of hydrogen-bond acceptors (Lipinski definition) is 7. The average Bonchev–Trinajstić information content (AvgIpc) is 3.73. The van der Waals surface area contributed by atoms with E-state index in [0.29, 0.717) is 56.1 Å². The van der Waals surface area contributed by atoms with E-state index in [-0.39, 0.29) is 13.2 Å². The largest absolute Gasteiger partial charge is 0.381 e. The molecule has 2 heterocycles. The van der Waals surface area contributed by atoms with Crippen LogP contribution in [0.5, 0.6) is 0 Å². The van der Waals surface area contributed by atoms with Gasteiger partial charge in [-0.25, -0.2) is 0 Å². The molecule has 6 rings (SSSR count). The van der Waals surface area contributed by atoms with Gasteiger partial charge in [-0.15, -0.1) is 0 Å². The minimum Gasteiger partial charge on any atom is -0.381 e. The molecule has 0 unspecified atom stereocenters. The van der Waals surface area contributed by atoms with Crippen LogP contribution in [-0.2, 0) is 31.0 Å². The molecular weight excluding hydrogens is 654 g/mol. The summed E-state index contributed by atoms with van der Waals surface area (Å²) in [5, 5.41) is 17.7. The molecule has 6 aromatic rings. The zero-order valence-corrected chi connectivity index (χ0v) is 26.7. The molecule has 4 aromatic carbocycles. The quantitative estimate of drug-likeness (QED) is 0.133. The van der Waals surface area contributed by atoms with Crippen LogP contribution in [0.15, 0.2) is 106 Å². The fraction of sp³-hybridized carbons (Fsp3) is 0.118. The van der Waals surface area contributed by atoms with Crippen LogP contribution in [0.2, 0.25) is 20.1 Å². The average molecular weight is 680 g/mol. The summed E-state index contributed by atoms with van der Waals surface area (Å²) in [7, 11) is 0. The van der Waals surface area contributed by atoms with E-state index in [1.165, 1.54) is 0 Å². The predicted octanol–water partition coefficient (Wildman–Crippen LogP) is 10.6. The Hall–Kier alpha value is -3.98. The molecule has 0 aliphatic heterocycles. The first-order valence-electron chi connectivity index (χ1n) is 13.9. The van der Waals surface area contributed by atoms with Crippen molar-refractivity contribution in [3.8, 4) is 22.5 Å². The number of anilines is 2. The molecule has 45 heavy (non-hydrogen) atoms. The van der Waals surface area contributed by atoms with Crippen molar-refractivity contribution in [1.82, 2.24) is 10.3 Å². The molecule has 228 valence electrons. The number of aromatic nitrogens is 2. The Bertz CT molecular complexity index is 1750. The Labute approximate surface area is 280 Å². The fourth-order valence-electron chi connectivity index (χ4n) is 4.56. The van der Waals surface area contributed by atoms with Gasteiger partial charge in [-0.05, 0) is 71.8 Å². The summed E-state index contributed by atoms with van der Waals surface area (Å²) < 4.78 is 16.8. The van der Waals surface area contributed by atoms with E-state index in [4.69, 9.17) is 60.2 Å². The lowest BCUT2D eigenvalue weighted by molar-refractivity contribution is 0.0727. The minimum atomic E-state index is 0.236. The Morgan fingerprint density at radius 3 is 1.38 bits per heavy atom. The number of nitrogens with one attached hydrogen (secondary N) is 2. The van der Waals surface area contributed by atoms with Gasteiger partial charge >= 0.3 is 0 Å². The van der Waals surface area contributed by atoms with Gasteiger partial charge in [0.25, 0.3) is 0 Å². The number of hydrogen-bond donors (Lipinski definition) is 2. The first kappa shape index (κ1) is 31.0. The highest BCUT2D eigenvalue weighted by molar-refractivity contribution is 6.34. The van der Waals surface area contributed by atoms with Crippen molar-refractivity contribution < 1.29 is 13.8 Å². The Kier molecular flexibility index (Phi) is 9.94. The highest BCUT2D eigenvalue weighted by atomic mass is 35.5. The molecule has 11 heteroatoms. The smallest absolute Gasteiger partial charge is 0.163 e. The third-order valence-corrected chi connectivity index (χ3v) is 8.16. The van der Waals surface area contributed by atoms with E-state index < -0.39 is 0 Å². The molecule has 0 amide bonds.